The molecule has 26 heavy (non-hydrogen) atoms. The van der Waals surface area contributed by atoms with Gasteiger partial charge in [0.05, 0.1) is 12.2 Å². The van der Waals surface area contributed by atoms with Gasteiger partial charge in [0.25, 0.3) is 0 Å². The molecule has 1 rings (SSSR count). The lowest BCUT2D eigenvalue weighted by molar-refractivity contribution is 0.0522. The van der Waals surface area contributed by atoms with Gasteiger partial charge in [0.15, 0.2) is 0 Å². The van der Waals surface area contributed by atoms with Crippen LogP contribution in [-0.2, 0) is 10.7 Å². The number of hydrogen-bond acceptors (Lipinski definition) is 2. The maximum absolute atomic E-state index is 14.7. The van der Waals surface area contributed by atoms with Gasteiger partial charge in [-0.05, 0) is 41.6 Å². The number of carbonyl (C=O) groups is 1. The molecule has 5 heteroatoms. The topological polar surface area (TPSA) is 26.3 Å². The minimum Gasteiger partial charge on any atom is -0.462 e. The maximum Gasteiger partial charge on any atom is 0.338 e. The molecule has 0 N–H and O–H groups in total. The minimum absolute atomic E-state index is 0.197. The number of alkyl halides is 2. The Morgan fingerprint density at radius 3 is 1.88 bits per heavy atom. The van der Waals surface area contributed by atoms with Gasteiger partial charge in [-0.15, -0.1) is 5.54 Å². The summed E-state index contributed by atoms with van der Waals surface area (Å²) >= 11 is 0. The van der Waals surface area contributed by atoms with E-state index in [4.69, 9.17) is 4.74 Å². The molecule has 1 aromatic carbocycles. The van der Waals surface area contributed by atoms with E-state index in [9.17, 15) is 13.6 Å². The van der Waals surface area contributed by atoms with Gasteiger partial charge in [-0.25, -0.2) is 4.79 Å². The van der Waals surface area contributed by atoms with Crippen molar-refractivity contribution < 1.29 is 18.3 Å². The molecule has 2 nitrogen and oxygen atoms in total. The Kier molecular flexibility index (Phi) is 7.58. The van der Waals surface area contributed by atoms with Crippen LogP contribution in [0.5, 0.6) is 0 Å². The van der Waals surface area contributed by atoms with E-state index in [0.717, 1.165) is 0 Å². The largest absolute Gasteiger partial charge is 0.462 e. The van der Waals surface area contributed by atoms with Crippen LogP contribution in [0.4, 0.5) is 8.78 Å². The molecule has 0 unspecified atom stereocenters. The number of benzene rings is 1. The van der Waals surface area contributed by atoms with Gasteiger partial charge in [-0.3, -0.25) is 0 Å². The third-order valence-electron chi connectivity index (χ3n) is 5.06. The standard InChI is InChI=1S/C21H30F2O2Si/c1-8-25-20(24)18-9-11-19(12-10-18)21(22,23)13-14-26(15(2)3,16(4)5)17(6)7/h9-12,15-17H,8H2,1-7H3. The zero-order valence-electron chi connectivity index (χ0n) is 16.8. The first-order valence-corrected chi connectivity index (χ1v) is 11.4. The van der Waals surface area contributed by atoms with E-state index in [-0.39, 0.29) is 34.4 Å². The summed E-state index contributed by atoms with van der Waals surface area (Å²) < 4.78 is 34.3. The third-order valence-corrected chi connectivity index (χ3v) is 11.4. The van der Waals surface area contributed by atoms with Crippen molar-refractivity contribution >= 4 is 14.0 Å². The van der Waals surface area contributed by atoms with Crippen molar-refractivity contribution in [2.45, 2.75) is 71.0 Å². The van der Waals surface area contributed by atoms with Crippen LogP contribution in [-0.4, -0.2) is 20.7 Å². The fraction of sp³-hybridized carbons (Fsp3) is 0.571. The van der Waals surface area contributed by atoms with Gasteiger partial charge in [-0.2, -0.15) is 8.78 Å². The quantitative estimate of drug-likeness (QED) is 0.335. The zero-order valence-corrected chi connectivity index (χ0v) is 17.8. The Morgan fingerprint density at radius 2 is 1.50 bits per heavy atom. The van der Waals surface area contributed by atoms with Gasteiger partial charge >= 0.3 is 11.9 Å². The molecular formula is C21H30F2O2Si. The van der Waals surface area contributed by atoms with Crippen LogP contribution in [0.1, 0.15) is 64.4 Å². The predicted octanol–water partition coefficient (Wildman–Crippen LogP) is 6.18. The number of carbonyl (C=O) groups excluding carboxylic acids is 1. The molecule has 0 saturated carbocycles. The maximum atomic E-state index is 14.7. The number of ether oxygens (including phenoxy) is 1. The molecule has 0 amide bonds. The smallest absolute Gasteiger partial charge is 0.338 e. The molecule has 1 aromatic rings. The molecule has 0 spiro atoms. The molecule has 0 heterocycles. The van der Waals surface area contributed by atoms with E-state index in [0.29, 0.717) is 0 Å². The van der Waals surface area contributed by atoms with Crippen LogP contribution < -0.4 is 0 Å². The third kappa shape index (κ3) is 4.73. The van der Waals surface area contributed by atoms with E-state index in [1.54, 1.807) is 6.92 Å². The first kappa shape index (κ1) is 22.4. The van der Waals surface area contributed by atoms with Crippen LogP contribution in [0.2, 0.25) is 16.6 Å². The Bertz CT molecular complexity index is 646. The Labute approximate surface area is 157 Å². The lowest BCUT2D eigenvalue weighted by atomic mass is 10.1. The molecular weight excluding hydrogens is 350 g/mol. The van der Waals surface area contributed by atoms with E-state index < -0.39 is 20.0 Å². The van der Waals surface area contributed by atoms with E-state index in [1.165, 1.54) is 24.3 Å². The van der Waals surface area contributed by atoms with Crippen molar-refractivity contribution in [3.8, 4) is 11.5 Å². The second kappa shape index (κ2) is 8.81. The van der Waals surface area contributed by atoms with Gasteiger partial charge in [0.1, 0.15) is 8.07 Å². The summed E-state index contributed by atoms with van der Waals surface area (Å²) in [5, 5.41) is 0. The second-order valence-electron chi connectivity index (χ2n) is 7.52. The minimum atomic E-state index is -3.25. The summed E-state index contributed by atoms with van der Waals surface area (Å²) in [5.74, 6) is -1.46. The molecule has 0 aliphatic rings. The van der Waals surface area contributed by atoms with Crippen molar-refractivity contribution in [2.24, 2.45) is 0 Å². The molecule has 0 aromatic heterocycles. The van der Waals surface area contributed by atoms with Gasteiger partial charge in [-0.1, -0.05) is 53.7 Å². The fourth-order valence-corrected chi connectivity index (χ4v) is 8.96. The van der Waals surface area contributed by atoms with Gasteiger partial charge in [0, 0.05) is 5.56 Å². The summed E-state index contributed by atoms with van der Waals surface area (Å²) in [7, 11) is -2.23. The first-order chi connectivity index (χ1) is 12.0. The Morgan fingerprint density at radius 1 is 1.04 bits per heavy atom. The van der Waals surface area contributed by atoms with E-state index >= 15 is 0 Å². The number of rotatable bonds is 6. The Balaban J connectivity index is 3.23. The highest BCUT2D eigenvalue weighted by molar-refractivity contribution is 6.90. The van der Waals surface area contributed by atoms with Crippen LogP contribution in [0.25, 0.3) is 0 Å². The average Bonchev–Trinajstić information content (AvgIpc) is 2.54. The fourth-order valence-electron chi connectivity index (χ4n) is 3.72. The zero-order chi connectivity index (χ0) is 20.1. The van der Waals surface area contributed by atoms with Crippen molar-refractivity contribution in [1.82, 2.24) is 0 Å². The highest BCUT2D eigenvalue weighted by Gasteiger charge is 2.42. The highest BCUT2D eigenvalue weighted by atomic mass is 28.3. The Hall–Kier alpha value is -1.67. The lowest BCUT2D eigenvalue weighted by Gasteiger charge is -2.38. The first-order valence-electron chi connectivity index (χ1n) is 9.18. The molecule has 0 aliphatic heterocycles. The van der Waals surface area contributed by atoms with Crippen LogP contribution >= 0.6 is 0 Å². The normalized spacial score (nSPS) is 12.3. The molecule has 0 bridgehead atoms. The molecule has 0 aliphatic carbocycles. The van der Waals surface area contributed by atoms with Gasteiger partial charge in [0.2, 0.25) is 0 Å². The molecule has 144 valence electrons. The lowest BCUT2D eigenvalue weighted by Crippen LogP contribution is -2.43. The number of hydrogen-bond donors (Lipinski definition) is 0. The summed E-state index contributed by atoms with van der Waals surface area (Å²) in [6, 6.07) is 5.23. The van der Waals surface area contributed by atoms with Crippen LogP contribution in [0.3, 0.4) is 0 Å². The second-order valence-corrected chi connectivity index (χ2v) is 13.1. The summed E-state index contributed by atoms with van der Waals surface area (Å²) in [4.78, 5) is 11.7. The summed E-state index contributed by atoms with van der Waals surface area (Å²) in [6.07, 6.45) is 0. The molecule has 0 saturated heterocycles. The SMILES string of the molecule is CCOC(=O)c1ccc(C(F)(F)C#C[Si](C(C)C)(C(C)C)C(C)C)cc1. The summed E-state index contributed by atoms with van der Waals surface area (Å²) in [6.45, 7) is 14.5. The van der Waals surface area contributed by atoms with Crippen LogP contribution in [0.15, 0.2) is 24.3 Å². The van der Waals surface area contributed by atoms with Crippen molar-refractivity contribution in [1.29, 1.82) is 0 Å². The molecule has 0 radical (unpaired) electrons. The van der Waals surface area contributed by atoms with Crippen LogP contribution in [0, 0.1) is 11.5 Å². The molecule has 0 fully saturated rings. The van der Waals surface area contributed by atoms with Crippen molar-refractivity contribution in [3.63, 3.8) is 0 Å². The highest BCUT2D eigenvalue weighted by Crippen LogP contribution is 2.41. The predicted molar refractivity (Wildman–Crippen MR) is 105 cm³/mol. The number of esters is 1. The van der Waals surface area contributed by atoms with Gasteiger partial charge < -0.3 is 4.74 Å². The monoisotopic (exact) mass is 380 g/mol. The average molecular weight is 381 g/mol. The van der Waals surface area contributed by atoms with Crippen molar-refractivity contribution in [2.75, 3.05) is 6.61 Å². The van der Waals surface area contributed by atoms with Crippen molar-refractivity contribution in [3.05, 3.63) is 35.4 Å². The van der Waals surface area contributed by atoms with E-state index in [1.807, 2.05) is 0 Å². The summed E-state index contributed by atoms with van der Waals surface area (Å²) in [5.41, 5.74) is 4.00. The molecule has 0 atom stereocenters. The number of halogens is 2. The van der Waals surface area contributed by atoms with E-state index in [2.05, 4.69) is 53.0 Å².